The zero-order chi connectivity index (χ0) is 36.4. The molecule has 0 bridgehead atoms. The van der Waals surface area contributed by atoms with Crippen LogP contribution >= 0.6 is 0 Å². The normalized spacial score (nSPS) is 13.6. The summed E-state index contributed by atoms with van der Waals surface area (Å²) in [5.74, 6) is -0.771. The van der Waals surface area contributed by atoms with Crippen LogP contribution in [0.3, 0.4) is 0 Å². The first kappa shape index (κ1) is 46.3. The van der Waals surface area contributed by atoms with Crippen LogP contribution in [0.15, 0.2) is 122 Å². The van der Waals surface area contributed by atoms with E-state index in [4.69, 9.17) is 9.47 Å². The van der Waals surface area contributed by atoms with E-state index in [0.717, 1.165) is 64.2 Å². The quantitative estimate of drug-likeness (QED) is 0.0433. The first-order valence-corrected chi connectivity index (χ1v) is 19.1. The van der Waals surface area contributed by atoms with Crippen molar-refractivity contribution in [2.75, 3.05) is 13.2 Å². The minimum absolute atomic E-state index is 0.137. The van der Waals surface area contributed by atoms with Crippen molar-refractivity contribution < 1.29 is 24.2 Å². The average Bonchev–Trinajstić information content (AvgIpc) is 3.12. The van der Waals surface area contributed by atoms with Crippen LogP contribution in [0.5, 0.6) is 0 Å². The van der Waals surface area contributed by atoms with E-state index >= 15 is 0 Å². The molecule has 5 nitrogen and oxygen atoms in total. The summed E-state index contributed by atoms with van der Waals surface area (Å²) < 4.78 is 10.5. The summed E-state index contributed by atoms with van der Waals surface area (Å²) in [6, 6.07) is 0. The van der Waals surface area contributed by atoms with E-state index in [9.17, 15) is 14.7 Å². The fourth-order valence-corrected chi connectivity index (χ4v) is 4.39. The summed E-state index contributed by atoms with van der Waals surface area (Å²) in [6.45, 7) is 3.85. The van der Waals surface area contributed by atoms with Crippen molar-refractivity contribution in [3.8, 4) is 0 Å². The molecule has 50 heavy (non-hydrogen) atoms. The van der Waals surface area contributed by atoms with Gasteiger partial charge in [-0.15, -0.1) is 0 Å². The summed E-state index contributed by atoms with van der Waals surface area (Å²) in [6.07, 6.45) is 58.4. The Morgan fingerprint density at radius 3 is 1.30 bits per heavy atom. The maximum Gasteiger partial charge on any atom is 0.306 e. The van der Waals surface area contributed by atoms with Crippen LogP contribution in [0.2, 0.25) is 0 Å². The Hall–Kier alpha value is -3.70. The standard InChI is InChI=1S/C45H68O5/c1-3-5-7-9-11-13-15-17-19-21-22-24-25-27-29-31-33-35-37-39-44(47)49-42-43(41-46)50-45(48)40-38-36-34-32-30-28-26-23-20-18-16-14-12-10-8-6-4-2/h6,8,11-14,17-20,22,24,26-29,32-35,43,46H,3-5,7,9-10,15-16,21,23,25,30-31,36-42H2,1-2H3. The molecule has 0 heterocycles. The van der Waals surface area contributed by atoms with Crippen LogP contribution in [0, 0.1) is 0 Å². The van der Waals surface area contributed by atoms with Gasteiger partial charge in [-0.25, -0.2) is 0 Å². The van der Waals surface area contributed by atoms with Gasteiger partial charge in [-0.3, -0.25) is 9.59 Å². The molecule has 0 aromatic rings. The van der Waals surface area contributed by atoms with E-state index in [2.05, 4.69) is 123 Å². The van der Waals surface area contributed by atoms with Gasteiger partial charge in [-0.1, -0.05) is 148 Å². The van der Waals surface area contributed by atoms with Crippen molar-refractivity contribution in [3.63, 3.8) is 0 Å². The fraction of sp³-hybridized carbons (Fsp3) is 0.511. The molecule has 0 radical (unpaired) electrons. The molecule has 278 valence electrons. The third kappa shape index (κ3) is 37.1. The predicted octanol–water partition coefficient (Wildman–Crippen LogP) is 12.1. The van der Waals surface area contributed by atoms with Gasteiger partial charge >= 0.3 is 11.9 Å². The minimum atomic E-state index is -0.840. The van der Waals surface area contributed by atoms with E-state index < -0.39 is 12.1 Å². The van der Waals surface area contributed by atoms with Gasteiger partial charge in [0.25, 0.3) is 0 Å². The van der Waals surface area contributed by atoms with Gasteiger partial charge in [0.05, 0.1) is 6.61 Å². The van der Waals surface area contributed by atoms with Crippen LogP contribution in [0.4, 0.5) is 0 Å². The molecule has 1 atom stereocenters. The van der Waals surface area contributed by atoms with E-state index in [0.29, 0.717) is 12.8 Å². The Kier molecular flexibility index (Phi) is 36.8. The summed E-state index contributed by atoms with van der Waals surface area (Å²) in [5, 5.41) is 9.53. The van der Waals surface area contributed by atoms with Crippen molar-refractivity contribution in [1.82, 2.24) is 0 Å². The molecule has 0 spiro atoms. The fourth-order valence-electron chi connectivity index (χ4n) is 4.39. The molecule has 0 aliphatic rings. The Balaban J connectivity index is 3.84. The van der Waals surface area contributed by atoms with Crippen LogP contribution in [0.1, 0.15) is 129 Å². The molecule has 1 unspecified atom stereocenters. The summed E-state index contributed by atoms with van der Waals surface area (Å²) in [5.41, 5.74) is 0. The number of rotatable bonds is 32. The lowest BCUT2D eigenvalue weighted by Gasteiger charge is -2.15. The largest absolute Gasteiger partial charge is 0.462 e. The minimum Gasteiger partial charge on any atom is -0.462 e. The van der Waals surface area contributed by atoms with Gasteiger partial charge in [0.2, 0.25) is 0 Å². The molecule has 0 rings (SSSR count). The van der Waals surface area contributed by atoms with Gasteiger partial charge in [-0.2, -0.15) is 0 Å². The average molecular weight is 689 g/mol. The molecule has 0 fully saturated rings. The SMILES string of the molecule is CCC=CCC=CCC=CCC=CCC=CCCCC(=O)OC(CO)COC(=O)CCC=CCC=CCC=CCC=CCC=CCCCCC. The van der Waals surface area contributed by atoms with Gasteiger partial charge in [0.15, 0.2) is 6.10 Å². The highest BCUT2D eigenvalue weighted by atomic mass is 16.6. The Morgan fingerprint density at radius 2 is 0.880 bits per heavy atom. The van der Waals surface area contributed by atoms with Gasteiger partial charge in [0.1, 0.15) is 6.61 Å². The van der Waals surface area contributed by atoms with Crippen LogP contribution in [-0.2, 0) is 19.1 Å². The van der Waals surface area contributed by atoms with Gasteiger partial charge in [-0.05, 0) is 89.9 Å². The first-order chi connectivity index (χ1) is 24.6. The number of allylic oxidation sites excluding steroid dienone is 20. The van der Waals surface area contributed by atoms with E-state index in [-0.39, 0.29) is 32.0 Å². The third-order valence-corrected chi connectivity index (χ3v) is 7.25. The van der Waals surface area contributed by atoms with E-state index in [1.807, 2.05) is 12.2 Å². The van der Waals surface area contributed by atoms with Crippen LogP contribution in [0.25, 0.3) is 0 Å². The second-order valence-corrected chi connectivity index (χ2v) is 11.9. The maximum atomic E-state index is 12.1. The zero-order valence-electron chi connectivity index (χ0n) is 31.3. The van der Waals surface area contributed by atoms with Crippen molar-refractivity contribution in [2.24, 2.45) is 0 Å². The van der Waals surface area contributed by atoms with Crippen molar-refractivity contribution >= 4 is 11.9 Å². The maximum absolute atomic E-state index is 12.1. The molecule has 0 saturated heterocycles. The molecule has 0 amide bonds. The summed E-state index contributed by atoms with van der Waals surface area (Å²) >= 11 is 0. The highest BCUT2D eigenvalue weighted by molar-refractivity contribution is 5.70. The second kappa shape index (κ2) is 39.7. The van der Waals surface area contributed by atoms with E-state index in [1.165, 1.54) is 25.7 Å². The number of carbonyl (C=O) groups is 2. The van der Waals surface area contributed by atoms with Crippen LogP contribution in [-0.4, -0.2) is 36.4 Å². The smallest absolute Gasteiger partial charge is 0.306 e. The van der Waals surface area contributed by atoms with Crippen molar-refractivity contribution in [1.29, 1.82) is 0 Å². The van der Waals surface area contributed by atoms with Crippen LogP contribution < -0.4 is 0 Å². The number of aliphatic hydroxyl groups is 1. The zero-order valence-corrected chi connectivity index (χ0v) is 31.3. The number of carbonyl (C=O) groups excluding carboxylic acids is 2. The molecule has 0 aliphatic heterocycles. The number of esters is 2. The topological polar surface area (TPSA) is 72.8 Å². The van der Waals surface area contributed by atoms with Gasteiger partial charge < -0.3 is 14.6 Å². The molecule has 5 heteroatoms. The Bertz CT molecular complexity index is 1100. The molecule has 0 aromatic heterocycles. The molecule has 0 saturated carbocycles. The Labute approximate surface area is 305 Å². The second-order valence-electron chi connectivity index (χ2n) is 11.9. The summed E-state index contributed by atoms with van der Waals surface area (Å²) in [7, 11) is 0. The molecule has 0 aliphatic carbocycles. The summed E-state index contributed by atoms with van der Waals surface area (Å²) in [4.78, 5) is 24.2. The highest BCUT2D eigenvalue weighted by Crippen LogP contribution is 2.05. The number of aliphatic hydroxyl groups excluding tert-OH is 1. The number of hydrogen-bond acceptors (Lipinski definition) is 5. The first-order valence-electron chi connectivity index (χ1n) is 19.1. The lowest BCUT2D eigenvalue weighted by atomic mass is 10.2. The molecule has 0 aromatic carbocycles. The Morgan fingerprint density at radius 1 is 0.480 bits per heavy atom. The van der Waals surface area contributed by atoms with Gasteiger partial charge in [0, 0.05) is 12.8 Å². The molecular formula is C45H68O5. The molecule has 1 N–H and O–H groups in total. The number of hydrogen-bond donors (Lipinski definition) is 1. The lowest BCUT2D eigenvalue weighted by Crippen LogP contribution is -2.28. The monoisotopic (exact) mass is 689 g/mol. The molecular weight excluding hydrogens is 620 g/mol. The third-order valence-electron chi connectivity index (χ3n) is 7.25. The number of ether oxygens (including phenoxy) is 2. The lowest BCUT2D eigenvalue weighted by molar-refractivity contribution is -0.161. The number of unbranched alkanes of at least 4 members (excludes halogenated alkanes) is 4. The van der Waals surface area contributed by atoms with Crippen molar-refractivity contribution in [3.05, 3.63) is 122 Å². The predicted molar refractivity (Wildman–Crippen MR) is 214 cm³/mol. The van der Waals surface area contributed by atoms with E-state index in [1.54, 1.807) is 0 Å². The highest BCUT2D eigenvalue weighted by Gasteiger charge is 2.15. The van der Waals surface area contributed by atoms with Crippen molar-refractivity contribution in [2.45, 2.75) is 136 Å².